The van der Waals surface area contributed by atoms with E-state index < -0.39 is 10.0 Å². The zero-order chi connectivity index (χ0) is 19.7. The number of aromatic amines is 1. The predicted molar refractivity (Wildman–Crippen MR) is 108 cm³/mol. The van der Waals surface area contributed by atoms with Gasteiger partial charge in [0.1, 0.15) is 0 Å². The molecule has 0 unspecified atom stereocenters. The Bertz CT molecular complexity index is 1330. The molecule has 140 valence electrons. The van der Waals surface area contributed by atoms with Crippen molar-refractivity contribution in [2.24, 2.45) is 0 Å². The summed E-state index contributed by atoms with van der Waals surface area (Å²) in [6.45, 7) is 1.87. The third-order valence-electron chi connectivity index (χ3n) is 4.28. The maximum atomic E-state index is 12.8. The lowest BCUT2D eigenvalue weighted by molar-refractivity contribution is 0.601. The van der Waals surface area contributed by atoms with E-state index in [0.717, 1.165) is 5.56 Å². The van der Waals surface area contributed by atoms with Crippen LogP contribution in [-0.4, -0.2) is 23.4 Å². The summed E-state index contributed by atoms with van der Waals surface area (Å²) < 4.78 is 28.1. The first kappa shape index (κ1) is 17.9. The summed E-state index contributed by atoms with van der Waals surface area (Å²) in [7, 11) is -3.88. The molecule has 0 bridgehead atoms. The lowest BCUT2D eigenvalue weighted by Gasteiger charge is -2.12. The van der Waals surface area contributed by atoms with E-state index in [2.05, 4.69) is 19.7 Å². The average Bonchev–Trinajstić information content (AvgIpc) is 2.69. The van der Waals surface area contributed by atoms with Gasteiger partial charge in [0, 0.05) is 18.5 Å². The maximum absolute atomic E-state index is 12.8. The lowest BCUT2D eigenvalue weighted by atomic mass is 10.1. The van der Waals surface area contributed by atoms with Crippen molar-refractivity contribution < 1.29 is 8.42 Å². The molecule has 3 heterocycles. The largest absolute Gasteiger partial charge is 0.358 e. The number of fused-ring (bicyclic) bond motifs is 1. The number of nitrogens with zero attached hydrogens (tertiary/aromatic N) is 2. The third-order valence-corrected chi connectivity index (χ3v) is 5.64. The number of aromatic nitrogens is 3. The highest BCUT2D eigenvalue weighted by molar-refractivity contribution is 7.92. The van der Waals surface area contributed by atoms with E-state index in [1.165, 1.54) is 24.4 Å². The number of hydrogen-bond acceptors (Lipinski definition) is 5. The number of anilines is 1. The van der Waals surface area contributed by atoms with Gasteiger partial charge in [0.05, 0.1) is 27.2 Å². The molecule has 7 nitrogen and oxygen atoms in total. The van der Waals surface area contributed by atoms with Crippen LogP contribution < -0.4 is 10.2 Å². The molecule has 8 heteroatoms. The molecular weight excluding hydrogens is 376 g/mol. The van der Waals surface area contributed by atoms with Crippen molar-refractivity contribution in [3.63, 3.8) is 0 Å². The Hall–Kier alpha value is -3.52. The molecule has 0 radical (unpaired) electrons. The summed E-state index contributed by atoms with van der Waals surface area (Å²) in [6.07, 6.45) is 3.08. The first-order valence-corrected chi connectivity index (χ1v) is 9.96. The van der Waals surface area contributed by atoms with E-state index in [9.17, 15) is 13.2 Å². The molecule has 3 aromatic heterocycles. The van der Waals surface area contributed by atoms with Gasteiger partial charge in [-0.15, -0.1) is 0 Å². The molecule has 0 aliphatic heterocycles. The number of H-pyrrole nitrogens is 1. The van der Waals surface area contributed by atoms with Crippen LogP contribution in [0.2, 0.25) is 0 Å². The Morgan fingerprint density at radius 3 is 2.57 bits per heavy atom. The minimum absolute atomic E-state index is 0.0408. The smallest absolute Gasteiger partial charge is 0.263 e. The van der Waals surface area contributed by atoms with E-state index >= 15 is 0 Å². The van der Waals surface area contributed by atoms with Gasteiger partial charge in [0.25, 0.3) is 10.0 Å². The highest BCUT2D eigenvalue weighted by atomic mass is 32.2. The quantitative estimate of drug-likeness (QED) is 0.555. The summed E-state index contributed by atoms with van der Waals surface area (Å²) in [6, 6.07) is 14.6. The van der Waals surface area contributed by atoms with Crippen molar-refractivity contribution in [2.45, 2.75) is 11.8 Å². The molecule has 28 heavy (non-hydrogen) atoms. The number of sulfonamides is 1. The molecular formula is C20H16N4O3S. The standard InChI is InChI=1S/C20H16N4O3S/c1-13-6-5-10-21-18(13)16-12-15-17(25)9-11-22-19(15)20(23-16)24-28(26,27)14-7-3-2-4-8-14/h2-12H,1H3,(H,22,25)(H,23,24). The second-order valence-corrected chi connectivity index (χ2v) is 7.89. The first-order valence-electron chi connectivity index (χ1n) is 8.48. The van der Waals surface area contributed by atoms with Gasteiger partial charge < -0.3 is 4.98 Å². The van der Waals surface area contributed by atoms with Gasteiger partial charge in [-0.3, -0.25) is 14.5 Å². The van der Waals surface area contributed by atoms with Crippen molar-refractivity contribution in [1.29, 1.82) is 0 Å². The van der Waals surface area contributed by atoms with Gasteiger partial charge in [0.2, 0.25) is 0 Å². The summed E-state index contributed by atoms with van der Waals surface area (Å²) in [5.74, 6) is 0.0408. The van der Waals surface area contributed by atoms with E-state index in [1.807, 2.05) is 13.0 Å². The molecule has 0 aliphatic rings. The van der Waals surface area contributed by atoms with Gasteiger partial charge in [-0.1, -0.05) is 24.3 Å². The number of hydrogen-bond donors (Lipinski definition) is 2. The van der Waals surface area contributed by atoms with Gasteiger partial charge in [-0.2, -0.15) is 0 Å². The molecule has 0 saturated carbocycles. The van der Waals surface area contributed by atoms with E-state index in [-0.39, 0.29) is 16.1 Å². The number of nitrogens with one attached hydrogen (secondary N) is 2. The van der Waals surface area contributed by atoms with Crippen LogP contribution >= 0.6 is 0 Å². The van der Waals surface area contributed by atoms with Crippen LogP contribution in [0.25, 0.3) is 22.3 Å². The first-order chi connectivity index (χ1) is 13.5. The van der Waals surface area contributed by atoms with Crippen LogP contribution in [0.1, 0.15) is 5.56 Å². The molecule has 2 N–H and O–H groups in total. The molecule has 0 saturated heterocycles. The molecule has 4 aromatic rings. The van der Waals surface area contributed by atoms with E-state index in [0.29, 0.717) is 22.3 Å². The van der Waals surface area contributed by atoms with Crippen molar-refractivity contribution in [1.82, 2.24) is 15.0 Å². The van der Waals surface area contributed by atoms with Crippen LogP contribution in [0.3, 0.4) is 0 Å². The van der Waals surface area contributed by atoms with E-state index in [4.69, 9.17) is 0 Å². The van der Waals surface area contributed by atoms with Gasteiger partial charge in [0.15, 0.2) is 11.2 Å². The normalized spacial score (nSPS) is 11.5. The zero-order valence-corrected chi connectivity index (χ0v) is 15.7. The fourth-order valence-corrected chi connectivity index (χ4v) is 3.95. The number of aryl methyl sites for hydroxylation is 1. The molecule has 0 spiro atoms. The average molecular weight is 392 g/mol. The van der Waals surface area contributed by atoms with E-state index in [1.54, 1.807) is 36.5 Å². The summed E-state index contributed by atoms with van der Waals surface area (Å²) >= 11 is 0. The van der Waals surface area contributed by atoms with Crippen molar-refractivity contribution in [2.75, 3.05) is 4.72 Å². The Morgan fingerprint density at radius 1 is 1.04 bits per heavy atom. The second-order valence-electron chi connectivity index (χ2n) is 6.21. The van der Waals surface area contributed by atoms with Crippen LogP contribution in [0.4, 0.5) is 5.82 Å². The summed E-state index contributed by atoms with van der Waals surface area (Å²) in [5.41, 5.74) is 1.91. The predicted octanol–water partition coefficient (Wildman–Crippen LogP) is 3.09. The van der Waals surface area contributed by atoms with Crippen LogP contribution in [0.15, 0.2) is 76.7 Å². The molecule has 0 aliphatic carbocycles. The molecule has 0 amide bonds. The Balaban J connectivity index is 1.94. The number of pyridine rings is 3. The second kappa shape index (κ2) is 6.90. The van der Waals surface area contributed by atoms with Gasteiger partial charge in [-0.25, -0.2) is 13.4 Å². The minimum atomic E-state index is -3.88. The maximum Gasteiger partial charge on any atom is 0.263 e. The lowest BCUT2D eigenvalue weighted by Crippen LogP contribution is -2.16. The molecule has 4 rings (SSSR count). The van der Waals surface area contributed by atoms with Crippen LogP contribution in [0.5, 0.6) is 0 Å². The Kier molecular flexibility index (Phi) is 4.40. The molecule has 1 aromatic carbocycles. The molecule has 0 fully saturated rings. The zero-order valence-electron chi connectivity index (χ0n) is 14.9. The topological polar surface area (TPSA) is 105 Å². The summed E-state index contributed by atoms with van der Waals surface area (Å²) in [5, 5.41) is 0.323. The highest BCUT2D eigenvalue weighted by Crippen LogP contribution is 2.27. The number of benzene rings is 1. The van der Waals surface area contributed by atoms with Gasteiger partial charge in [-0.05, 0) is 36.8 Å². The molecule has 0 atom stereocenters. The fraction of sp³-hybridized carbons (Fsp3) is 0.0500. The number of rotatable bonds is 4. The monoisotopic (exact) mass is 392 g/mol. The van der Waals surface area contributed by atoms with Crippen molar-refractivity contribution in [3.8, 4) is 11.4 Å². The Morgan fingerprint density at radius 2 is 1.82 bits per heavy atom. The SMILES string of the molecule is Cc1cccnc1-c1cc2c(=O)cc[nH]c2c(NS(=O)(=O)c2ccccc2)n1. The van der Waals surface area contributed by atoms with Crippen molar-refractivity contribution >= 4 is 26.7 Å². The third kappa shape index (κ3) is 3.25. The van der Waals surface area contributed by atoms with Crippen molar-refractivity contribution in [3.05, 3.63) is 82.8 Å². The summed E-state index contributed by atoms with van der Waals surface area (Å²) in [4.78, 5) is 24.2. The fourth-order valence-electron chi connectivity index (χ4n) is 2.91. The minimum Gasteiger partial charge on any atom is -0.358 e. The van der Waals surface area contributed by atoms with Gasteiger partial charge >= 0.3 is 0 Å². The van der Waals surface area contributed by atoms with Crippen LogP contribution in [0, 0.1) is 6.92 Å². The Labute approximate surface area is 161 Å². The van der Waals surface area contributed by atoms with Crippen LogP contribution in [-0.2, 0) is 10.0 Å². The highest BCUT2D eigenvalue weighted by Gasteiger charge is 2.19.